The Morgan fingerprint density at radius 2 is 1.37 bits per heavy atom. The van der Waals surface area contributed by atoms with E-state index < -0.39 is 19.9 Å². The SMILES string of the molecule is CC[C@H](NS(=O)(=O)c1ccc(S(C)(=O)=O)cc1)C12CC3CC(CC(C3)C1)C2. The first kappa shape index (κ1) is 19.4. The Hall–Kier alpha value is -0.920. The highest BCUT2D eigenvalue weighted by Gasteiger charge is 2.54. The van der Waals surface area contributed by atoms with Crippen LogP contribution in [0.4, 0.5) is 0 Å². The summed E-state index contributed by atoms with van der Waals surface area (Å²) in [6.45, 7) is 2.07. The Kier molecular flexibility index (Phi) is 4.71. The van der Waals surface area contributed by atoms with Gasteiger partial charge in [0.25, 0.3) is 0 Å². The van der Waals surface area contributed by atoms with Crippen molar-refractivity contribution in [2.75, 3.05) is 6.26 Å². The van der Waals surface area contributed by atoms with Crippen molar-refractivity contribution in [2.45, 2.75) is 67.7 Å². The van der Waals surface area contributed by atoms with Gasteiger partial charge in [-0.2, -0.15) is 0 Å². The van der Waals surface area contributed by atoms with Gasteiger partial charge < -0.3 is 0 Å². The standard InChI is InChI=1S/C20H29NO4S2/c1-3-19(20-11-14-8-15(12-20)10-16(9-14)13-20)21-27(24,25)18-6-4-17(5-7-18)26(2,22)23/h4-7,14-16,19,21H,3,8-13H2,1-2H3/t14?,15?,16?,19-,20?/m0/s1. The summed E-state index contributed by atoms with van der Waals surface area (Å²) < 4.78 is 52.2. The quantitative estimate of drug-likeness (QED) is 0.778. The molecule has 5 nitrogen and oxygen atoms in total. The second-order valence-corrected chi connectivity index (χ2v) is 12.8. The Morgan fingerprint density at radius 3 is 1.78 bits per heavy atom. The van der Waals surface area contributed by atoms with Crippen LogP contribution >= 0.6 is 0 Å². The van der Waals surface area contributed by atoms with E-state index in [2.05, 4.69) is 11.6 Å². The summed E-state index contributed by atoms with van der Waals surface area (Å²) in [5.74, 6) is 2.30. The molecule has 0 amide bonds. The summed E-state index contributed by atoms with van der Waals surface area (Å²) in [6, 6.07) is 5.48. The molecule has 4 saturated carbocycles. The highest BCUT2D eigenvalue weighted by molar-refractivity contribution is 7.90. The molecule has 0 aromatic heterocycles. The Labute approximate surface area is 162 Å². The summed E-state index contributed by atoms with van der Waals surface area (Å²) in [5.41, 5.74) is 0.100. The van der Waals surface area contributed by atoms with Gasteiger partial charge in [-0.3, -0.25) is 0 Å². The molecule has 0 spiro atoms. The van der Waals surface area contributed by atoms with Crippen LogP contribution in [0.5, 0.6) is 0 Å². The van der Waals surface area contributed by atoms with E-state index in [1.807, 2.05) is 0 Å². The average molecular weight is 412 g/mol. The molecule has 27 heavy (non-hydrogen) atoms. The zero-order valence-corrected chi connectivity index (χ0v) is 17.7. The molecule has 4 aliphatic carbocycles. The van der Waals surface area contributed by atoms with Crippen molar-refractivity contribution in [3.05, 3.63) is 24.3 Å². The molecular formula is C20H29NO4S2. The largest absolute Gasteiger partial charge is 0.240 e. The Morgan fingerprint density at radius 1 is 0.926 bits per heavy atom. The number of sulfonamides is 1. The van der Waals surface area contributed by atoms with Crippen LogP contribution in [0, 0.1) is 23.2 Å². The van der Waals surface area contributed by atoms with Crippen molar-refractivity contribution < 1.29 is 16.8 Å². The molecule has 1 aromatic rings. The first-order valence-corrected chi connectivity index (χ1v) is 13.3. The monoisotopic (exact) mass is 411 g/mol. The van der Waals surface area contributed by atoms with Crippen molar-refractivity contribution in [3.63, 3.8) is 0 Å². The molecule has 0 aliphatic heterocycles. The third kappa shape index (κ3) is 3.58. The highest BCUT2D eigenvalue weighted by atomic mass is 32.2. The second kappa shape index (κ2) is 6.56. The zero-order chi connectivity index (χ0) is 19.4. The van der Waals surface area contributed by atoms with E-state index in [1.165, 1.54) is 43.5 Å². The van der Waals surface area contributed by atoms with Gasteiger partial charge in [-0.05, 0) is 92.4 Å². The van der Waals surface area contributed by atoms with E-state index in [4.69, 9.17) is 0 Å². The molecule has 1 aromatic carbocycles. The van der Waals surface area contributed by atoms with Gasteiger partial charge in [0.15, 0.2) is 9.84 Å². The van der Waals surface area contributed by atoms with Crippen LogP contribution in [0.3, 0.4) is 0 Å². The van der Waals surface area contributed by atoms with Crippen LogP contribution in [-0.4, -0.2) is 29.1 Å². The van der Waals surface area contributed by atoms with Crippen LogP contribution in [-0.2, 0) is 19.9 Å². The van der Waals surface area contributed by atoms with Crippen molar-refractivity contribution in [1.82, 2.24) is 4.72 Å². The van der Waals surface area contributed by atoms with E-state index >= 15 is 0 Å². The molecule has 7 heteroatoms. The summed E-state index contributed by atoms with van der Waals surface area (Å²) in [6.07, 6.45) is 9.33. The van der Waals surface area contributed by atoms with E-state index in [0.29, 0.717) is 0 Å². The molecule has 0 heterocycles. The molecule has 150 valence electrons. The first-order chi connectivity index (χ1) is 12.6. The molecule has 0 radical (unpaired) electrons. The lowest BCUT2D eigenvalue weighted by molar-refractivity contribution is -0.0704. The molecule has 4 fully saturated rings. The number of benzene rings is 1. The van der Waals surface area contributed by atoms with Gasteiger partial charge in [-0.15, -0.1) is 0 Å². The lowest BCUT2D eigenvalue weighted by atomic mass is 9.47. The number of hydrogen-bond donors (Lipinski definition) is 1. The lowest BCUT2D eigenvalue weighted by Crippen LogP contribution is -2.56. The fourth-order valence-corrected chi connectivity index (χ4v) is 8.42. The second-order valence-electron chi connectivity index (χ2n) is 9.11. The van der Waals surface area contributed by atoms with Gasteiger partial charge in [0.1, 0.15) is 0 Å². The lowest BCUT2D eigenvalue weighted by Gasteiger charge is -2.59. The summed E-state index contributed by atoms with van der Waals surface area (Å²) in [5, 5.41) is 0. The Balaban J connectivity index is 1.58. The zero-order valence-electron chi connectivity index (χ0n) is 16.0. The highest BCUT2D eigenvalue weighted by Crippen LogP contribution is 2.61. The van der Waals surface area contributed by atoms with E-state index in [0.717, 1.165) is 49.7 Å². The van der Waals surface area contributed by atoms with Crippen molar-refractivity contribution >= 4 is 19.9 Å². The number of hydrogen-bond acceptors (Lipinski definition) is 4. The minimum Gasteiger partial charge on any atom is -0.224 e. The topological polar surface area (TPSA) is 80.3 Å². The molecule has 0 saturated heterocycles. The van der Waals surface area contributed by atoms with Crippen molar-refractivity contribution in [1.29, 1.82) is 0 Å². The maximum atomic E-state index is 13.0. The summed E-state index contributed by atoms with van der Waals surface area (Å²) >= 11 is 0. The third-order valence-electron chi connectivity index (χ3n) is 7.09. The van der Waals surface area contributed by atoms with Gasteiger partial charge in [-0.1, -0.05) is 6.92 Å². The molecule has 4 aliphatic rings. The molecule has 5 rings (SSSR count). The van der Waals surface area contributed by atoms with Crippen LogP contribution < -0.4 is 4.72 Å². The van der Waals surface area contributed by atoms with E-state index in [-0.39, 0.29) is 21.2 Å². The van der Waals surface area contributed by atoms with Crippen molar-refractivity contribution in [3.8, 4) is 0 Å². The fraction of sp³-hybridized carbons (Fsp3) is 0.700. The number of nitrogens with one attached hydrogen (secondary N) is 1. The van der Waals surface area contributed by atoms with E-state index in [1.54, 1.807) is 0 Å². The predicted molar refractivity (Wildman–Crippen MR) is 105 cm³/mol. The fourth-order valence-electron chi connectivity index (χ4n) is 6.37. The maximum Gasteiger partial charge on any atom is 0.240 e. The van der Waals surface area contributed by atoms with Gasteiger partial charge >= 0.3 is 0 Å². The molecular weight excluding hydrogens is 382 g/mol. The number of rotatable bonds is 6. The van der Waals surface area contributed by atoms with Crippen LogP contribution in [0.15, 0.2) is 34.1 Å². The molecule has 1 N–H and O–H groups in total. The third-order valence-corrected chi connectivity index (χ3v) is 9.71. The van der Waals surface area contributed by atoms with Crippen LogP contribution in [0.25, 0.3) is 0 Å². The van der Waals surface area contributed by atoms with Gasteiger partial charge in [0.2, 0.25) is 10.0 Å². The minimum atomic E-state index is -3.67. The number of sulfone groups is 1. The normalized spacial score (nSPS) is 33.9. The predicted octanol–water partition coefficient (Wildman–Crippen LogP) is 3.36. The van der Waals surface area contributed by atoms with Crippen LogP contribution in [0.2, 0.25) is 0 Å². The Bertz CT molecular complexity index is 884. The minimum absolute atomic E-state index is 0.0505. The van der Waals surface area contributed by atoms with Crippen molar-refractivity contribution in [2.24, 2.45) is 23.2 Å². The van der Waals surface area contributed by atoms with Crippen LogP contribution in [0.1, 0.15) is 51.9 Å². The maximum absolute atomic E-state index is 13.0. The summed E-state index contributed by atoms with van der Waals surface area (Å²) in [7, 11) is -7.01. The summed E-state index contributed by atoms with van der Waals surface area (Å²) in [4.78, 5) is 0.271. The molecule has 1 atom stereocenters. The smallest absolute Gasteiger partial charge is 0.224 e. The van der Waals surface area contributed by atoms with Gasteiger partial charge in [-0.25, -0.2) is 21.6 Å². The molecule has 4 bridgehead atoms. The first-order valence-electron chi connectivity index (χ1n) is 9.94. The van der Waals surface area contributed by atoms with E-state index in [9.17, 15) is 16.8 Å². The average Bonchev–Trinajstić information content (AvgIpc) is 2.58. The van der Waals surface area contributed by atoms with Gasteiger partial charge in [0.05, 0.1) is 9.79 Å². The molecule has 0 unspecified atom stereocenters. The van der Waals surface area contributed by atoms with Gasteiger partial charge in [0, 0.05) is 12.3 Å².